The van der Waals surface area contributed by atoms with Gasteiger partial charge in [0.1, 0.15) is 0 Å². The summed E-state index contributed by atoms with van der Waals surface area (Å²) in [4.78, 5) is 0. The maximum absolute atomic E-state index is 3.76. The molecule has 0 aliphatic rings. The summed E-state index contributed by atoms with van der Waals surface area (Å²) in [5, 5.41) is 0. The Labute approximate surface area is 184 Å². The van der Waals surface area contributed by atoms with Crippen LogP contribution in [0.15, 0.2) is 104 Å². The summed E-state index contributed by atoms with van der Waals surface area (Å²) >= 11 is 11.2. The molecule has 0 spiro atoms. The van der Waals surface area contributed by atoms with Crippen LogP contribution < -0.4 is 0 Å². The molecule has 0 atom stereocenters. The molecule has 27 heavy (non-hydrogen) atoms. The monoisotopic (exact) mass is 540 g/mol. The Balaban J connectivity index is 2.10. The van der Waals surface area contributed by atoms with Crippen LogP contribution >= 0.6 is 47.8 Å². The Morgan fingerprint density at radius 3 is 1.07 bits per heavy atom. The highest BCUT2D eigenvalue weighted by molar-refractivity contribution is 9.11. The van der Waals surface area contributed by atoms with E-state index in [2.05, 4.69) is 121 Å². The predicted octanol–water partition coefficient (Wildman–Crippen LogP) is 8.98. The summed E-state index contributed by atoms with van der Waals surface area (Å²) in [7, 11) is 0. The molecule has 4 aromatic rings. The van der Waals surface area contributed by atoms with Crippen LogP contribution in [0.1, 0.15) is 0 Å². The van der Waals surface area contributed by atoms with Crippen LogP contribution in [-0.4, -0.2) is 0 Å². The molecule has 4 rings (SSSR count). The van der Waals surface area contributed by atoms with Crippen LogP contribution in [0.5, 0.6) is 0 Å². The molecule has 0 aromatic heterocycles. The van der Waals surface area contributed by atoms with E-state index in [1.54, 1.807) is 0 Å². The Hall–Kier alpha value is -1.68. The molecular formula is C24H15Br3. The van der Waals surface area contributed by atoms with Gasteiger partial charge in [0.2, 0.25) is 0 Å². The third-order valence-electron chi connectivity index (χ3n) is 4.54. The van der Waals surface area contributed by atoms with Crippen molar-refractivity contribution in [3.8, 4) is 33.4 Å². The fourth-order valence-corrected chi connectivity index (χ4v) is 4.79. The summed E-state index contributed by atoms with van der Waals surface area (Å²) < 4.78 is 3.25. The second-order valence-corrected chi connectivity index (χ2v) is 8.73. The van der Waals surface area contributed by atoms with E-state index in [-0.39, 0.29) is 0 Å². The van der Waals surface area contributed by atoms with Crippen molar-refractivity contribution in [2.45, 2.75) is 0 Å². The van der Waals surface area contributed by atoms with Gasteiger partial charge in [0.25, 0.3) is 0 Å². The summed E-state index contributed by atoms with van der Waals surface area (Å²) in [6.45, 7) is 0. The number of benzene rings is 4. The van der Waals surface area contributed by atoms with Gasteiger partial charge < -0.3 is 0 Å². The lowest BCUT2D eigenvalue weighted by molar-refractivity contribution is 1.52. The van der Waals surface area contributed by atoms with Crippen molar-refractivity contribution < 1.29 is 0 Å². The Morgan fingerprint density at radius 2 is 0.667 bits per heavy atom. The molecule has 0 fully saturated rings. The molecule has 0 unspecified atom stereocenters. The van der Waals surface area contributed by atoms with Gasteiger partial charge >= 0.3 is 0 Å². The SMILES string of the molecule is Brc1ccccc1-c1cccc(-c2ccccc2Br)c1-c1ccccc1Br. The van der Waals surface area contributed by atoms with Crippen LogP contribution in [0, 0.1) is 0 Å². The number of hydrogen-bond donors (Lipinski definition) is 0. The fourth-order valence-electron chi connectivity index (χ4n) is 3.31. The van der Waals surface area contributed by atoms with E-state index in [4.69, 9.17) is 0 Å². The summed E-state index contributed by atoms with van der Waals surface area (Å²) in [6, 6.07) is 31.6. The van der Waals surface area contributed by atoms with Crippen LogP contribution in [0.25, 0.3) is 33.4 Å². The first-order valence-electron chi connectivity index (χ1n) is 8.54. The van der Waals surface area contributed by atoms with E-state index in [1.807, 2.05) is 18.2 Å². The van der Waals surface area contributed by atoms with Crippen LogP contribution in [0.2, 0.25) is 0 Å². The quantitative estimate of drug-likeness (QED) is 0.242. The minimum atomic E-state index is 1.08. The van der Waals surface area contributed by atoms with Gasteiger partial charge in [0.05, 0.1) is 0 Å². The minimum Gasteiger partial charge on any atom is -0.0616 e. The number of halogens is 3. The number of rotatable bonds is 3. The minimum absolute atomic E-state index is 1.08. The topological polar surface area (TPSA) is 0 Å². The van der Waals surface area contributed by atoms with Gasteiger partial charge in [0.15, 0.2) is 0 Å². The predicted molar refractivity (Wildman–Crippen MR) is 126 cm³/mol. The molecule has 0 heterocycles. The number of hydrogen-bond acceptors (Lipinski definition) is 0. The molecule has 0 aliphatic carbocycles. The average molecular weight is 543 g/mol. The summed E-state index contributed by atoms with van der Waals surface area (Å²) in [6.07, 6.45) is 0. The van der Waals surface area contributed by atoms with Crippen molar-refractivity contribution in [3.05, 3.63) is 104 Å². The van der Waals surface area contributed by atoms with Crippen molar-refractivity contribution in [1.29, 1.82) is 0 Å². The smallest absolute Gasteiger partial charge is 0.0254 e. The van der Waals surface area contributed by atoms with Crippen LogP contribution in [0.3, 0.4) is 0 Å². The highest BCUT2D eigenvalue weighted by atomic mass is 79.9. The van der Waals surface area contributed by atoms with E-state index in [0.29, 0.717) is 0 Å². The van der Waals surface area contributed by atoms with E-state index in [9.17, 15) is 0 Å². The van der Waals surface area contributed by atoms with Crippen LogP contribution in [0.4, 0.5) is 0 Å². The summed E-state index contributed by atoms with van der Waals surface area (Å²) in [5.74, 6) is 0. The van der Waals surface area contributed by atoms with Crippen molar-refractivity contribution in [2.75, 3.05) is 0 Å². The maximum Gasteiger partial charge on any atom is 0.0254 e. The van der Waals surface area contributed by atoms with Crippen molar-refractivity contribution in [3.63, 3.8) is 0 Å². The molecule has 0 N–H and O–H groups in total. The van der Waals surface area contributed by atoms with Crippen molar-refractivity contribution >= 4 is 47.8 Å². The average Bonchev–Trinajstić information content (AvgIpc) is 2.69. The molecule has 0 bridgehead atoms. The lowest BCUT2D eigenvalue weighted by atomic mass is 9.88. The molecule has 3 heteroatoms. The van der Waals surface area contributed by atoms with Gasteiger partial charge in [-0.15, -0.1) is 0 Å². The van der Waals surface area contributed by atoms with Gasteiger partial charge in [-0.2, -0.15) is 0 Å². The molecule has 0 nitrogen and oxygen atoms in total. The molecule has 0 saturated carbocycles. The molecule has 132 valence electrons. The largest absolute Gasteiger partial charge is 0.0616 e. The Morgan fingerprint density at radius 1 is 0.333 bits per heavy atom. The Kier molecular flexibility index (Phi) is 5.63. The normalized spacial score (nSPS) is 10.8. The molecule has 0 amide bonds. The van der Waals surface area contributed by atoms with Crippen LogP contribution in [-0.2, 0) is 0 Å². The molecule has 0 radical (unpaired) electrons. The van der Waals surface area contributed by atoms with Gasteiger partial charge in [-0.05, 0) is 51.6 Å². The first-order chi connectivity index (χ1) is 13.2. The Bertz CT molecular complexity index is 1050. The lowest BCUT2D eigenvalue weighted by Gasteiger charge is -2.18. The zero-order chi connectivity index (χ0) is 18.8. The third kappa shape index (κ3) is 3.69. The second kappa shape index (κ2) is 8.14. The maximum atomic E-state index is 3.76. The van der Waals surface area contributed by atoms with E-state index in [0.717, 1.165) is 13.4 Å². The zero-order valence-corrected chi connectivity index (χ0v) is 19.1. The van der Waals surface area contributed by atoms with Crippen molar-refractivity contribution in [1.82, 2.24) is 0 Å². The van der Waals surface area contributed by atoms with Gasteiger partial charge in [-0.25, -0.2) is 0 Å². The zero-order valence-electron chi connectivity index (χ0n) is 14.3. The highest BCUT2D eigenvalue weighted by Crippen LogP contribution is 2.45. The molecule has 4 aromatic carbocycles. The lowest BCUT2D eigenvalue weighted by Crippen LogP contribution is -1.92. The summed E-state index contributed by atoms with van der Waals surface area (Å²) in [5.41, 5.74) is 7.14. The van der Waals surface area contributed by atoms with E-state index >= 15 is 0 Å². The molecule has 0 aliphatic heterocycles. The first-order valence-corrected chi connectivity index (χ1v) is 10.9. The van der Waals surface area contributed by atoms with Crippen molar-refractivity contribution in [2.24, 2.45) is 0 Å². The first kappa shape index (κ1) is 18.7. The van der Waals surface area contributed by atoms with E-state index in [1.165, 1.54) is 33.4 Å². The van der Waals surface area contributed by atoms with Gasteiger partial charge in [0, 0.05) is 13.4 Å². The second-order valence-electron chi connectivity index (χ2n) is 6.17. The molecule has 0 saturated heterocycles. The van der Waals surface area contributed by atoms with Gasteiger partial charge in [-0.1, -0.05) is 121 Å². The van der Waals surface area contributed by atoms with E-state index < -0.39 is 0 Å². The highest BCUT2D eigenvalue weighted by Gasteiger charge is 2.18. The van der Waals surface area contributed by atoms with Gasteiger partial charge in [-0.3, -0.25) is 0 Å². The standard InChI is InChI=1S/C24H15Br3/c25-21-13-4-1-8-16(21)18-11-7-12-19(17-9-2-5-14-22(17)26)24(18)20-10-3-6-15-23(20)27/h1-15H. The fraction of sp³-hybridized carbons (Fsp3) is 0. The third-order valence-corrected chi connectivity index (χ3v) is 6.61. The molecular weight excluding hydrogens is 528 g/mol.